The van der Waals surface area contributed by atoms with E-state index >= 15 is 0 Å². The molecule has 25 heavy (non-hydrogen) atoms. The van der Waals surface area contributed by atoms with Crippen LogP contribution in [0.3, 0.4) is 0 Å². The number of H-pyrrole nitrogens is 1. The molecule has 1 rings (SSSR count). The first-order valence-electron chi connectivity index (χ1n) is 7.58. The third-order valence-electron chi connectivity index (χ3n) is 2.88. The topological polar surface area (TPSA) is 122 Å². The Morgan fingerprint density at radius 1 is 1.36 bits per heavy atom. The summed E-state index contributed by atoms with van der Waals surface area (Å²) in [5.41, 5.74) is -1.84. The zero-order valence-electron chi connectivity index (χ0n) is 15.0. The number of carbonyl (C=O) groups excluding carboxylic acids is 2. The Morgan fingerprint density at radius 3 is 2.56 bits per heavy atom. The molecule has 0 bridgehead atoms. The average Bonchev–Trinajstić information content (AvgIpc) is 2.51. The summed E-state index contributed by atoms with van der Waals surface area (Å²) >= 11 is 0. The minimum absolute atomic E-state index is 0.216. The number of nitrogens with zero attached hydrogens (tertiary/aromatic N) is 2. The van der Waals surface area contributed by atoms with Gasteiger partial charge in [0, 0.05) is 19.7 Å². The van der Waals surface area contributed by atoms with E-state index in [1.807, 2.05) is 0 Å². The Labute approximate surface area is 145 Å². The molecule has 0 saturated carbocycles. The normalized spacial score (nSPS) is 11.4. The van der Waals surface area contributed by atoms with Gasteiger partial charge in [-0.2, -0.15) is 0 Å². The highest BCUT2D eigenvalue weighted by Gasteiger charge is 2.19. The summed E-state index contributed by atoms with van der Waals surface area (Å²) in [5.74, 6) is -1.46. The van der Waals surface area contributed by atoms with Gasteiger partial charge >= 0.3 is 12.1 Å². The van der Waals surface area contributed by atoms with Crippen LogP contribution in [0.1, 0.15) is 43.5 Å². The molecule has 1 aromatic rings. The number of aromatic nitrogens is 2. The van der Waals surface area contributed by atoms with Crippen molar-refractivity contribution < 1.29 is 24.2 Å². The number of carbonyl (C=O) groups is 2. The molecule has 0 aliphatic carbocycles. The standard InChI is InChI=1S/C16H23N3O6/c1-16(2,3)25-15(23)19(4)9-7-6-8-10-17-11(14(22)24-5)12(20)13(21)18-10/h7,9,20H,6,8H2,1-5H3,(H,17,18,21). The van der Waals surface area contributed by atoms with Crippen LogP contribution in [0.4, 0.5) is 4.79 Å². The fourth-order valence-electron chi connectivity index (χ4n) is 1.72. The second kappa shape index (κ2) is 8.32. The van der Waals surface area contributed by atoms with Crippen molar-refractivity contribution in [3.05, 3.63) is 34.1 Å². The minimum Gasteiger partial charge on any atom is -0.501 e. The van der Waals surface area contributed by atoms with Crippen molar-refractivity contribution in [3.63, 3.8) is 0 Å². The van der Waals surface area contributed by atoms with Crippen molar-refractivity contribution in [1.29, 1.82) is 0 Å². The average molecular weight is 353 g/mol. The Balaban J connectivity index is 2.70. The van der Waals surface area contributed by atoms with Crippen LogP contribution < -0.4 is 5.56 Å². The molecule has 9 nitrogen and oxygen atoms in total. The Hall–Kier alpha value is -2.84. The Bertz CT molecular complexity index is 718. The number of esters is 1. The molecule has 0 radical (unpaired) electrons. The number of aromatic amines is 1. The highest BCUT2D eigenvalue weighted by molar-refractivity contribution is 5.89. The summed E-state index contributed by atoms with van der Waals surface area (Å²) < 4.78 is 9.66. The predicted molar refractivity (Wildman–Crippen MR) is 89.3 cm³/mol. The van der Waals surface area contributed by atoms with Gasteiger partial charge in [-0.25, -0.2) is 14.6 Å². The maximum absolute atomic E-state index is 11.8. The van der Waals surface area contributed by atoms with Gasteiger partial charge in [0.2, 0.25) is 5.75 Å². The van der Waals surface area contributed by atoms with Crippen LogP contribution in [-0.4, -0.2) is 51.8 Å². The molecule has 1 heterocycles. The molecule has 2 N–H and O–H groups in total. The zero-order valence-corrected chi connectivity index (χ0v) is 15.0. The van der Waals surface area contributed by atoms with Crippen molar-refractivity contribution in [1.82, 2.24) is 14.9 Å². The van der Waals surface area contributed by atoms with Gasteiger partial charge in [-0.05, 0) is 27.2 Å². The summed E-state index contributed by atoms with van der Waals surface area (Å²) in [5, 5.41) is 9.54. The lowest BCUT2D eigenvalue weighted by Gasteiger charge is -2.22. The summed E-state index contributed by atoms with van der Waals surface area (Å²) in [6.07, 6.45) is 3.45. The van der Waals surface area contributed by atoms with Crippen LogP contribution in [0.25, 0.3) is 0 Å². The van der Waals surface area contributed by atoms with E-state index in [1.54, 1.807) is 33.9 Å². The van der Waals surface area contributed by atoms with Gasteiger partial charge in [0.25, 0.3) is 5.56 Å². The summed E-state index contributed by atoms with van der Waals surface area (Å²) in [6, 6.07) is 0. The lowest BCUT2D eigenvalue weighted by Crippen LogP contribution is -2.31. The summed E-state index contributed by atoms with van der Waals surface area (Å²) in [4.78, 5) is 42.4. The van der Waals surface area contributed by atoms with E-state index < -0.39 is 34.7 Å². The van der Waals surface area contributed by atoms with Crippen molar-refractivity contribution in [2.75, 3.05) is 14.2 Å². The van der Waals surface area contributed by atoms with Gasteiger partial charge in [0.15, 0.2) is 5.69 Å². The quantitative estimate of drug-likeness (QED) is 0.771. The Kier molecular flexibility index (Phi) is 6.72. The van der Waals surface area contributed by atoms with E-state index in [9.17, 15) is 19.5 Å². The number of methoxy groups -OCH3 is 1. The monoisotopic (exact) mass is 353 g/mol. The maximum Gasteiger partial charge on any atom is 0.414 e. The number of rotatable bonds is 5. The van der Waals surface area contributed by atoms with Crippen LogP contribution in [-0.2, 0) is 15.9 Å². The van der Waals surface area contributed by atoms with Crippen molar-refractivity contribution in [3.8, 4) is 5.75 Å². The second-order valence-corrected chi connectivity index (χ2v) is 6.22. The number of allylic oxidation sites excluding steroid dienone is 1. The van der Waals surface area contributed by atoms with Crippen molar-refractivity contribution in [2.45, 2.75) is 39.2 Å². The number of hydrogen-bond acceptors (Lipinski definition) is 7. The van der Waals surface area contributed by atoms with Gasteiger partial charge in [-0.3, -0.25) is 9.69 Å². The SMILES string of the molecule is COC(=O)c1nc(CCC=CN(C)C(=O)OC(C)(C)C)[nH]c(=O)c1O. The summed E-state index contributed by atoms with van der Waals surface area (Å²) in [7, 11) is 2.68. The molecule has 0 atom stereocenters. The van der Waals surface area contributed by atoms with E-state index in [0.29, 0.717) is 6.42 Å². The highest BCUT2D eigenvalue weighted by Crippen LogP contribution is 2.11. The Morgan fingerprint density at radius 2 is 2.00 bits per heavy atom. The smallest absolute Gasteiger partial charge is 0.414 e. The molecular formula is C16H23N3O6. The lowest BCUT2D eigenvalue weighted by molar-refractivity contribution is 0.0371. The van der Waals surface area contributed by atoms with Gasteiger partial charge in [0.05, 0.1) is 7.11 Å². The van der Waals surface area contributed by atoms with E-state index in [4.69, 9.17) is 4.74 Å². The van der Waals surface area contributed by atoms with Gasteiger partial charge in [0.1, 0.15) is 11.4 Å². The number of aromatic hydroxyl groups is 1. The number of amides is 1. The highest BCUT2D eigenvalue weighted by atomic mass is 16.6. The molecule has 0 aliphatic rings. The van der Waals surface area contributed by atoms with Crippen LogP contribution in [0.5, 0.6) is 5.75 Å². The predicted octanol–water partition coefficient (Wildman–Crippen LogP) is 1.58. The fourth-order valence-corrected chi connectivity index (χ4v) is 1.72. The van der Waals surface area contributed by atoms with Gasteiger partial charge in [-0.1, -0.05) is 6.08 Å². The molecule has 9 heteroatoms. The van der Waals surface area contributed by atoms with E-state index in [0.717, 1.165) is 7.11 Å². The molecule has 1 aromatic heterocycles. The van der Waals surface area contributed by atoms with Crippen LogP contribution in [0.2, 0.25) is 0 Å². The first-order valence-corrected chi connectivity index (χ1v) is 7.58. The van der Waals surface area contributed by atoms with Gasteiger partial charge < -0.3 is 19.6 Å². The van der Waals surface area contributed by atoms with E-state index in [2.05, 4.69) is 14.7 Å². The fraction of sp³-hybridized carbons (Fsp3) is 0.500. The first kappa shape index (κ1) is 20.2. The van der Waals surface area contributed by atoms with Crippen LogP contribution in [0.15, 0.2) is 17.1 Å². The number of hydrogen-bond donors (Lipinski definition) is 2. The van der Waals surface area contributed by atoms with Crippen LogP contribution >= 0.6 is 0 Å². The largest absolute Gasteiger partial charge is 0.501 e. The van der Waals surface area contributed by atoms with Crippen LogP contribution in [0, 0.1) is 0 Å². The van der Waals surface area contributed by atoms with Crippen molar-refractivity contribution in [2.24, 2.45) is 0 Å². The molecule has 0 aliphatic heterocycles. The number of ether oxygens (including phenoxy) is 2. The van der Waals surface area contributed by atoms with E-state index in [-0.39, 0.29) is 12.2 Å². The minimum atomic E-state index is -0.898. The second-order valence-electron chi connectivity index (χ2n) is 6.22. The molecule has 1 amide bonds. The number of nitrogens with one attached hydrogen (secondary N) is 1. The molecule has 0 saturated heterocycles. The maximum atomic E-state index is 11.8. The van der Waals surface area contributed by atoms with Gasteiger partial charge in [-0.15, -0.1) is 0 Å². The lowest BCUT2D eigenvalue weighted by atomic mass is 10.2. The zero-order chi connectivity index (χ0) is 19.2. The molecule has 0 aromatic carbocycles. The number of aryl methyl sites for hydroxylation is 1. The molecule has 0 spiro atoms. The molecule has 0 fully saturated rings. The third kappa shape index (κ3) is 6.28. The molecule has 0 unspecified atom stereocenters. The summed E-state index contributed by atoms with van der Waals surface area (Å²) in [6.45, 7) is 5.32. The molecular weight excluding hydrogens is 330 g/mol. The van der Waals surface area contributed by atoms with E-state index in [1.165, 1.54) is 11.1 Å². The molecule has 138 valence electrons. The first-order chi connectivity index (χ1) is 11.5. The third-order valence-corrected chi connectivity index (χ3v) is 2.88. The van der Waals surface area contributed by atoms with Crippen molar-refractivity contribution >= 4 is 12.1 Å².